The molecular weight excluding hydrogens is 440 g/mol. The van der Waals surface area contributed by atoms with Crippen LogP contribution in [0.5, 0.6) is 11.5 Å². The number of carbonyl (C=O) groups is 2. The van der Waals surface area contributed by atoms with Crippen molar-refractivity contribution in [3.63, 3.8) is 0 Å². The predicted molar refractivity (Wildman–Crippen MR) is 118 cm³/mol. The number of carboxylic acid groups (broad SMARTS) is 1. The normalized spacial score (nSPS) is 14.6. The van der Waals surface area contributed by atoms with Crippen LogP contribution in [0.2, 0.25) is 5.02 Å². The van der Waals surface area contributed by atoms with Crippen molar-refractivity contribution >= 4 is 23.7 Å². The van der Waals surface area contributed by atoms with E-state index in [-0.39, 0.29) is 24.1 Å². The third kappa shape index (κ3) is 4.99. The van der Waals surface area contributed by atoms with Gasteiger partial charge in [0.1, 0.15) is 23.7 Å². The Kier molecular flexibility index (Phi) is 7.29. The number of aromatic nitrogens is 1. The number of halogens is 1. The van der Waals surface area contributed by atoms with Crippen molar-refractivity contribution in [2.75, 3.05) is 26.9 Å². The Labute approximate surface area is 189 Å². The molecule has 0 aliphatic carbocycles. The lowest BCUT2D eigenvalue weighted by atomic mass is 10.0. The largest absolute Gasteiger partial charge is 0.492 e. The maximum atomic E-state index is 12.4. The molecule has 1 amide bonds. The number of carbonyl (C=O) groups excluding carboxylic acids is 1. The van der Waals surface area contributed by atoms with Crippen molar-refractivity contribution in [2.24, 2.45) is 5.92 Å². The van der Waals surface area contributed by atoms with Crippen LogP contribution in [0.15, 0.2) is 29.2 Å². The zero-order valence-electron chi connectivity index (χ0n) is 18.0. The molecule has 0 unspecified atom stereocenters. The molecule has 0 radical (unpaired) electrons. The van der Waals surface area contributed by atoms with Crippen LogP contribution in [0.25, 0.3) is 11.3 Å². The van der Waals surface area contributed by atoms with E-state index >= 15 is 0 Å². The topological polar surface area (TPSA) is 116 Å². The molecule has 2 aromatic rings. The molecule has 0 fully saturated rings. The van der Waals surface area contributed by atoms with Gasteiger partial charge < -0.3 is 29.2 Å². The minimum absolute atomic E-state index is 0.112. The first-order chi connectivity index (χ1) is 15.2. The number of nitrogens with zero attached hydrogens (tertiary/aromatic N) is 1. The second-order valence-corrected chi connectivity index (χ2v) is 8.08. The van der Waals surface area contributed by atoms with Crippen molar-refractivity contribution in [2.45, 2.75) is 26.3 Å². The summed E-state index contributed by atoms with van der Waals surface area (Å²) in [4.78, 5) is 35.0. The summed E-state index contributed by atoms with van der Waals surface area (Å²) in [6.45, 7) is 4.95. The first-order valence-corrected chi connectivity index (χ1v) is 10.5. The molecule has 0 saturated carbocycles. The Bertz CT molecular complexity index is 1080. The highest BCUT2D eigenvalue weighted by molar-refractivity contribution is 6.32. The number of aromatic carboxylic acids is 1. The number of nitrogens with one attached hydrogen (secondary N) is 1. The van der Waals surface area contributed by atoms with Gasteiger partial charge in [-0.1, -0.05) is 25.4 Å². The summed E-state index contributed by atoms with van der Waals surface area (Å²) in [5, 5.41) is 12.3. The van der Waals surface area contributed by atoms with Gasteiger partial charge in [0.25, 0.3) is 0 Å². The molecule has 1 aromatic carbocycles. The van der Waals surface area contributed by atoms with Crippen LogP contribution in [0.4, 0.5) is 4.79 Å². The molecular formula is C22H25ClN2O7. The maximum Gasteiger partial charge on any atom is 0.406 e. The minimum atomic E-state index is -1.28. The fourth-order valence-corrected chi connectivity index (χ4v) is 3.67. The van der Waals surface area contributed by atoms with Gasteiger partial charge >= 0.3 is 12.1 Å². The van der Waals surface area contributed by atoms with Crippen LogP contribution in [0, 0.1) is 5.92 Å². The number of alkyl carbamates (subject to hydrolysis) is 1. The number of hydrogen-bond donors (Lipinski definition) is 2. The Morgan fingerprint density at radius 1 is 1.34 bits per heavy atom. The SMILES string of the molecule is COC(=O)NCCCOc1cc2c(cc1Cl)-c1cc(=O)c(C(=O)O)cn1[C@H](C(C)C)CO2. The summed E-state index contributed by atoms with van der Waals surface area (Å²) < 4.78 is 18.1. The highest BCUT2D eigenvalue weighted by atomic mass is 35.5. The van der Waals surface area contributed by atoms with E-state index in [0.29, 0.717) is 47.4 Å². The average Bonchev–Trinajstić information content (AvgIpc) is 2.89. The smallest absolute Gasteiger partial charge is 0.406 e. The number of carboxylic acids is 1. The Morgan fingerprint density at radius 2 is 2.09 bits per heavy atom. The summed E-state index contributed by atoms with van der Waals surface area (Å²) in [7, 11) is 1.29. The molecule has 172 valence electrons. The molecule has 10 heteroatoms. The summed E-state index contributed by atoms with van der Waals surface area (Å²) >= 11 is 6.44. The molecule has 32 heavy (non-hydrogen) atoms. The summed E-state index contributed by atoms with van der Waals surface area (Å²) in [6.07, 6.45) is 1.39. The molecule has 9 nitrogen and oxygen atoms in total. The maximum absolute atomic E-state index is 12.4. The molecule has 0 bridgehead atoms. The standard InChI is InChI=1S/C22H25ClN2O7/c1-12(2)17-11-32-19-9-20(31-6-4-5-24-22(29)30-3)15(23)7-13(19)16-8-18(26)14(21(27)28)10-25(16)17/h7-10,12,17H,4-6,11H2,1-3H3,(H,24,29)(H,27,28)/t17-/m0/s1. The third-order valence-electron chi connectivity index (χ3n) is 5.19. The molecule has 0 spiro atoms. The van der Waals surface area contributed by atoms with Crippen molar-refractivity contribution < 1.29 is 28.9 Å². The van der Waals surface area contributed by atoms with Gasteiger partial charge in [-0.2, -0.15) is 0 Å². The molecule has 1 aliphatic rings. The van der Waals surface area contributed by atoms with Crippen LogP contribution < -0.4 is 20.2 Å². The molecule has 2 N–H and O–H groups in total. The van der Waals surface area contributed by atoms with Crippen molar-refractivity contribution in [1.29, 1.82) is 0 Å². The second-order valence-electron chi connectivity index (χ2n) is 7.67. The molecule has 1 aromatic heterocycles. The van der Waals surface area contributed by atoms with E-state index in [9.17, 15) is 19.5 Å². The van der Waals surface area contributed by atoms with Gasteiger partial charge in [0.05, 0.1) is 30.5 Å². The van der Waals surface area contributed by atoms with E-state index in [1.54, 1.807) is 16.7 Å². The van der Waals surface area contributed by atoms with Crippen LogP contribution in [-0.2, 0) is 4.74 Å². The quantitative estimate of drug-likeness (QED) is 0.601. The lowest BCUT2D eigenvalue weighted by Crippen LogP contribution is -2.25. The van der Waals surface area contributed by atoms with E-state index in [4.69, 9.17) is 21.1 Å². The highest BCUT2D eigenvalue weighted by Gasteiger charge is 2.28. The van der Waals surface area contributed by atoms with Crippen LogP contribution >= 0.6 is 11.6 Å². The van der Waals surface area contributed by atoms with E-state index in [1.807, 2.05) is 13.8 Å². The van der Waals surface area contributed by atoms with E-state index in [2.05, 4.69) is 10.1 Å². The van der Waals surface area contributed by atoms with Crippen LogP contribution in [0.3, 0.4) is 0 Å². The van der Waals surface area contributed by atoms with Gasteiger partial charge in [-0.05, 0) is 18.4 Å². The van der Waals surface area contributed by atoms with Gasteiger partial charge in [0.2, 0.25) is 0 Å². The number of fused-ring (bicyclic) bond motifs is 3. The zero-order valence-corrected chi connectivity index (χ0v) is 18.8. The fraction of sp³-hybridized carbons (Fsp3) is 0.409. The molecule has 2 heterocycles. The number of rotatable bonds is 7. The predicted octanol–water partition coefficient (Wildman–Crippen LogP) is 3.58. The van der Waals surface area contributed by atoms with E-state index in [0.717, 1.165) is 0 Å². The number of ether oxygens (including phenoxy) is 3. The number of methoxy groups -OCH3 is 1. The molecule has 3 rings (SSSR count). The highest BCUT2D eigenvalue weighted by Crippen LogP contribution is 2.42. The van der Waals surface area contributed by atoms with E-state index < -0.39 is 17.5 Å². The third-order valence-corrected chi connectivity index (χ3v) is 5.49. The average molecular weight is 465 g/mol. The monoisotopic (exact) mass is 464 g/mol. The number of pyridine rings is 1. The van der Waals surface area contributed by atoms with Crippen molar-refractivity contribution in [3.05, 3.63) is 45.2 Å². The molecule has 1 atom stereocenters. The number of hydrogen-bond acceptors (Lipinski definition) is 6. The lowest BCUT2D eigenvalue weighted by molar-refractivity contribution is 0.0693. The minimum Gasteiger partial charge on any atom is -0.492 e. The second kappa shape index (κ2) is 9.95. The van der Waals surface area contributed by atoms with Gasteiger partial charge in [-0.15, -0.1) is 0 Å². The molecule has 1 aliphatic heterocycles. The fourth-order valence-electron chi connectivity index (χ4n) is 3.45. The molecule has 0 saturated heterocycles. The lowest BCUT2D eigenvalue weighted by Gasteiger charge is -2.24. The van der Waals surface area contributed by atoms with Crippen LogP contribution in [0.1, 0.15) is 36.7 Å². The first kappa shape index (κ1) is 23.5. The van der Waals surface area contributed by atoms with Crippen molar-refractivity contribution in [1.82, 2.24) is 9.88 Å². The van der Waals surface area contributed by atoms with Gasteiger partial charge in [0, 0.05) is 30.4 Å². The zero-order chi connectivity index (χ0) is 23.4. The number of benzene rings is 1. The summed E-state index contributed by atoms with van der Waals surface area (Å²) in [5.74, 6) is -0.277. The van der Waals surface area contributed by atoms with Gasteiger partial charge in [0.15, 0.2) is 5.43 Å². The Morgan fingerprint density at radius 3 is 2.75 bits per heavy atom. The Hall–Kier alpha value is -3.20. The van der Waals surface area contributed by atoms with Gasteiger partial charge in [-0.25, -0.2) is 9.59 Å². The first-order valence-electron chi connectivity index (χ1n) is 10.1. The van der Waals surface area contributed by atoms with Crippen LogP contribution in [-0.4, -0.2) is 48.6 Å². The number of amides is 1. The van der Waals surface area contributed by atoms with E-state index in [1.165, 1.54) is 19.4 Å². The summed E-state index contributed by atoms with van der Waals surface area (Å²) in [6, 6.07) is 4.42. The Balaban J connectivity index is 1.92. The summed E-state index contributed by atoms with van der Waals surface area (Å²) in [5.41, 5.74) is 0.219. The van der Waals surface area contributed by atoms with Crippen molar-refractivity contribution in [3.8, 4) is 22.8 Å². The van der Waals surface area contributed by atoms with Gasteiger partial charge in [-0.3, -0.25) is 4.79 Å².